The molecule has 0 spiro atoms. The number of Topliss-reactive ketones (excluding diaryl/α,β-unsaturated/α-hetero) is 1. The monoisotopic (exact) mass is 365 g/mol. The standard InChI is InChI=1S/C22H27N3O2/c1-6-24-21(27)19-17(14-8-7-9-23-12-14)18-15(25-20(19)13(2)3)10-22(4,5)11-16(18)26/h7-9,12-13H,6,10-11H2,1-5H3,(H,24,27). The smallest absolute Gasteiger partial charge is 0.253 e. The highest BCUT2D eigenvalue weighted by Crippen LogP contribution is 2.41. The Bertz CT molecular complexity index is 886. The third kappa shape index (κ3) is 3.64. The van der Waals surface area contributed by atoms with Gasteiger partial charge < -0.3 is 5.32 Å². The van der Waals surface area contributed by atoms with Crippen LogP contribution in [0.4, 0.5) is 0 Å². The molecule has 27 heavy (non-hydrogen) atoms. The molecule has 0 bridgehead atoms. The highest BCUT2D eigenvalue weighted by Gasteiger charge is 2.37. The number of nitrogens with one attached hydrogen (secondary N) is 1. The number of fused-ring (bicyclic) bond motifs is 1. The van der Waals surface area contributed by atoms with E-state index in [9.17, 15) is 9.59 Å². The van der Waals surface area contributed by atoms with E-state index in [1.807, 2.05) is 32.9 Å². The van der Waals surface area contributed by atoms with Crippen molar-refractivity contribution in [1.82, 2.24) is 15.3 Å². The minimum Gasteiger partial charge on any atom is -0.352 e. The zero-order valence-electron chi connectivity index (χ0n) is 16.7. The van der Waals surface area contributed by atoms with Gasteiger partial charge in [0.15, 0.2) is 5.78 Å². The SMILES string of the molecule is CCNC(=O)c1c(C(C)C)nc2c(c1-c1cccnc1)C(=O)CC(C)(C)C2. The van der Waals surface area contributed by atoms with Gasteiger partial charge in [0.1, 0.15) is 0 Å². The fraction of sp³-hybridized carbons (Fsp3) is 0.455. The predicted molar refractivity (Wildman–Crippen MR) is 106 cm³/mol. The van der Waals surface area contributed by atoms with Crippen molar-refractivity contribution in [2.24, 2.45) is 5.41 Å². The molecule has 2 aromatic heterocycles. The van der Waals surface area contributed by atoms with E-state index in [0.717, 1.165) is 23.4 Å². The van der Waals surface area contributed by atoms with E-state index < -0.39 is 0 Å². The summed E-state index contributed by atoms with van der Waals surface area (Å²) in [6.07, 6.45) is 4.58. The van der Waals surface area contributed by atoms with E-state index in [4.69, 9.17) is 4.98 Å². The lowest BCUT2D eigenvalue weighted by molar-refractivity contribution is 0.0911. The topological polar surface area (TPSA) is 72.0 Å². The third-order valence-corrected chi connectivity index (χ3v) is 4.93. The second-order valence-electron chi connectivity index (χ2n) is 8.27. The lowest BCUT2D eigenvalue weighted by Crippen LogP contribution is -2.32. The van der Waals surface area contributed by atoms with Gasteiger partial charge in [-0.05, 0) is 30.7 Å². The number of carbonyl (C=O) groups is 2. The highest BCUT2D eigenvalue weighted by molar-refractivity contribution is 6.11. The average Bonchev–Trinajstić information content (AvgIpc) is 2.59. The normalized spacial score (nSPS) is 15.6. The van der Waals surface area contributed by atoms with Gasteiger partial charge in [-0.3, -0.25) is 19.6 Å². The van der Waals surface area contributed by atoms with Crippen LogP contribution < -0.4 is 5.32 Å². The number of amides is 1. The van der Waals surface area contributed by atoms with Crippen LogP contribution in [0.3, 0.4) is 0 Å². The number of pyridine rings is 2. The predicted octanol–water partition coefficient (Wildman–Crippen LogP) is 4.17. The lowest BCUT2D eigenvalue weighted by atomic mass is 9.73. The zero-order valence-corrected chi connectivity index (χ0v) is 16.7. The maximum absolute atomic E-state index is 13.1. The van der Waals surface area contributed by atoms with Crippen LogP contribution in [0.1, 0.15) is 79.1 Å². The summed E-state index contributed by atoms with van der Waals surface area (Å²) in [7, 11) is 0. The van der Waals surface area contributed by atoms with E-state index in [1.165, 1.54) is 0 Å². The molecule has 0 aliphatic heterocycles. The van der Waals surface area contributed by atoms with Crippen molar-refractivity contribution >= 4 is 11.7 Å². The van der Waals surface area contributed by atoms with Gasteiger partial charge >= 0.3 is 0 Å². The van der Waals surface area contributed by atoms with Gasteiger partial charge in [0, 0.05) is 42.0 Å². The minimum atomic E-state index is -0.187. The van der Waals surface area contributed by atoms with Gasteiger partial charge in [-0.15, -0.1) is 0 Å². The molecule has 142 valence electrons. The average molecular weight is 365 g/mol. The molecule has 0 fully saturated rings. The van der Waals surface area contributed by atoms with Crippen LogP contribution in [0, 0.1) is 5.41 Å². The zero-order chi connectivity index (χ0) is 19.8. The van der Waals surface area contributed by atoms with E-state index in [1.54, 1.807) is 12.4 Å². The summed E-state index contributed by atoms with van der Waals surface area (Å²) in [5, 5.41) is 2.89. The Morgan fingerprint density at radius 3 is 2.59 bits per heavy atom. The number of nitrogens with zero attached hydrogens (tertiary/aromatic N) is 2. The number of aromatic nitrogens is 2. The summed E-state index contributed by atoms with van der Waals surface area (Å²) in [4.78, 5) is 35.2. The molecule has 5 heteroatoms. The molecule has 1 aliphatic rings. The molecule has 0 radical (unpaired) electrons. The molecule has 2 aromatic rings. The van der Waals surface area contributed by atoms with Crippen LogP contribution in [0.25, 0.3) is 11.1 Å². The van der Waals surface area contributed by atoms with E-state index in [0.29, 0.717) is 29.7 Å². The number of ketones is 1. The van der Waals surface area contributed by atoms with Crippen LogP contribution >= 0.6 is 0 Å². The first kappa shape index (κ1) is 19.2. The largest absolute Gasteiger partial charge is 0.352 e. The van der Waals surface area contributed by atoms with E-state index in [-0.39, 0.29) is 23.0 Å². The molecular weight excluding hydrogens is 338 g/mol. The van der Waals surface area contributed by atoms with Crippen molar-refractivity contribution < 1.29 is 9.59 Å². The third-order valence-electron chi connectivity index (χ3n) is 4.93. The first-order valence-electron chi connectivity index (χ1n) is 9.53. The van der Waals surface area contributed by atoms with Crippen LogP contribution in [-0.2, 0) is 6.42 Å². The lowest BCUT2D eigenvalue weighted by Gasteiger charge is -2.32. The van der Waals surface area contributed by atoms with Crippen molar-refractivity contribution in [1.29, 1.82) is 0 Å². The Hall–Kier alpha value is -2.56. The Morgan fingerprint density at radius 2 is 2.00 bits per heavy atom. The Labute approximate surface area is 160 Å². The van der Waals surface area contributed by atoms with Gasteiger partial charge in [0.25, 0.3) is 5.91 Å². The molecule has 3 rings (SSSR count). The quantitative estimate of drug-likeness (QED) is 0.882. The summed E-state index contributed by atoms with van der Waals surface area (Å²) in [6, 6.07) is 3.73. The molecule has 1 N–H and O–H groups in total. The van der Waals surface area contributed by atoms with Crippen LogP contribution in [0.15, 0.2) is 24.5 Å². The minimum absolute atomic E-state index is 0.0495. The number of hydrogen-bond donors (Lipinski definition) is 1. The van der Waals surface area contributed by atoms with Gasteiger partial charge in [-0.25, -0.2) is 0 Å². The molecule has 0 saturated heterocycles. The number of hydrogen-bond acceptors (Lipinski definition) is 4. The number of rotatable bonds is 4. The second kappa shape index (κ2) is 7.22. The van der Waals surface area contributed by atoms with Gasteiger partial charge in [-0.2, -0.15) is 0 Å². The summed E-state index contributed by atoms with van der Waals surface area (Å²) in [6.45, 7) is 10.6. The van der Waals surface area contributed by atoms with Crippen molar-refractivity contribution in [3.05, 3.63) is 47.0 Å². The molecular formula is C22H27N3O2. The molecule has 5 nitrogen and oxygen atoms in total. The fourth-order valence-electron chi connectivity index (χ4n) is 3.82. The van der Waals surface area contributed by atoms with Gasteiger partial charge in [0.2, 0.25) is 0 Å². The maximum Gasteiger partial charge on any atom is 0.253 e. The van der Waals surface area contributed by atoms with E-state index in [2.05, 4.69) is 24.1 Å². The molecule has 0 atom stereocenters. The number of carbonyl (C=O) groups excluding carboxylic acids is 2. The Kier molecular flexibility index (Phi) is 5.13. The van der Waals surface area contributed by atoms with Crippen LogP contribution in [0.2, 0.25) is 0 Å². The van der Waals surface area contributed by atoms with Crippen molar-refractivity contribution in [3.63, 3.8) is 0 Å². The molecule has 0 unspecified atom stereocenters. The first-order chi connectivity index (χ1) is 12.7. The van der Waals surface area contributed by atoms with E-state index >= 15 is 0 Å². The van der Waals surface area contributed by atoms with Gasteiger partial charge in [-0.1, -0.05) is 33.8 Å². The van der Waals surface area contributed by atoms with Crippen molar-refractivity contribution in [3.8, 4) is 11.1 Å². The van der Waals surface area contributed by atoms with Crippen LogP contribution in [0.5, 0.6) is 0 Å². The first-order valence-corrected chi connectivity index (χ1v) is 9.53. The highest BCUT2D eigenvalue weighted by atomic mass is 16.1. The molecule has 2 heterocycles. The second-order valence-corrected chi connectivity index (χ2v) is 8.27. The van der Waals surface area contributed by atoms with Crippen molar-refractivity contribution in [2.75, 3.05) is 6.54 Å². The summed E-state index contributed by atoms with van der Waals surface area (Å²) >= 11 is 0. The maximum atomic E-state index is 13.1. The van der Waals surface area contributed by atoms with Crippen LogP contribution in [-0.4, -0.2) is 28.2 Å². The Morgan fingerprint density at radius 1 is 1.26 bits per heavy atom. The summed E-state index contributed by atoms with van der Waals surface area (Å²) < 4.78 is 0. The molecule has 0 aromatic carbocycles. The van der Waals surface area contributed by atoms with Crippen molar-refractivity contribution in [2.45, 2.75) is 53.4 Å². The summed E-state index contributed by atoms with van der Waals surface area (Å²) in [5.41, 5.74) is 3.97. The molecule has 1 aliphatic carbocycles. The molecule has 0 saturated carbocycles. The molecule has 1 amide bonds. The Balaban J connectivity index is 2.40. The fourth-order valence-corrected chi connectivity index (χ4v) is 3.82. The summed E-state index contributed by atoms with van der Waals surface area (Å²) in [5.74, 6) is -0.0788. The van der Waals surface area contributed by atoms with Gasteiger partial charge in [0.05, 0.1) is 17.0 Å².